The third kappa shape index (κ3) is 1.49. The fourth-order valence-electron chi connectivity index (χ4n) is 7.26. The Balaban J connectivity index is 1.53. The number of allylic oxidation sites excluding steroid dienone is 4. The molecule has 5 rings (SSSR count). The standard InChI is InChI=1S/C21H26O3/c1-12(22)21-18(24-21)11-17-15-5-4-13-10-14(23)6-8-19(13,2)16(15)7-9-20(17,21)3/h6,8,10,15-18H,4-5,7,9,11H2,1-3H3/t15-,16+,17+,18?,19+,20+,21-/m1/s1. The molecule has 3 nitrogen and oxygen atoms in total. The van der Waals surface area contributed by atoms with Crippen LogP contribution in [-0.2, 0) is 14.3 Å². The number of epoxide rings is 1. The summed E-state index contributed by atoms with van der Waals surface area (Å²) in [4.78, 5) is 24.2. The molecule has 3 heteroatoms. The van der Waals surface area contributed by atoms with Crippen molar-refractivity contribution >= 4 is 11.6 Å². The highest BCUT2D eigenvalue weighted by Crippen LogP contribution is 2.73. The van der Waals surface area contributed by atoms with E-state index in [9.17, 15) is 9.59 Å². The number of ketones is 2. The molecule has 3 saturated carbocycles. The lowest BCUT2D eigenvalue weighted by Crippen LogP contribution is -2.53. The number of fused-ring (bicyclic) bond motifs is 7. The van der Waals surface area contributed by atoms with Crippen LogP contribution in [0.25, 0.3) is 0 Å². The molecule has 0 aromatic carbocycles. The Morgan fingerprint density at radius 1 is 1.25 bits per heavy atom. The lowest BCUT2D eigenvalue weighted by molar-refractivity contribution is -0.135. The third-order valence-electron chi connectivity index (χ3n) is 8.51. The molecule has 128 valence electrons. The van der Waals surface area contributed by atoms with E-state index >= 15 is 0 Å². The Bertz CT molecular complexity index is 719. The predicted molar refractivity (Wildman–Crippen MR) is 90.3 cm³/mol. The molecule has 5 aliphatic rings. The number of carbonyl (C=O) groups is 2. The first-order chi connectivity index (χ1) is 11.3. The second-order valence-electron chi connectivity index (χ2n) is 9.19. The maximum Gasteiger partial charge on any atom is 0.178 e. The highest BCUT2D eigenvalue weighted by Gasteiger charge is 2.79. The zero-order valence-corrected chi connectivity index (χ0v) is 14.8. The first-order valence-corrected chi connectivity index (χ1v) is 9.46. The van der Waals surface area contributed by atoms with E-state index in [1.165, 1.54) is 5.57 Å². The van der Waals surface area contributed by atoms with Gasteiger partial charge in [0.25, 0.3) is 0 Å². The van der Waals surface area contributed by atoms with Gasteiger partial charge in [0, 0.05) is 10.8 Å². The molecule has 0 spiro atoms. The van der Waals surface area contributed by atoms with E-state index in [0.717, 1.165) is 32.1 Å². The Kier molecular flexibility index (Phi) is 2.70. The molecule has 0 aromatic heterocycles. The number of ether oxygens (including phenoxy) is 1. The zero-order chi connectivity index (χ0) is 16.9. The SMILES string of the molecule is CC(=O)[C@@]12OC1C[C@H]1[C@@H]3CCC4=CC(=O)C=C[C@]4(C)[C@H]3CC[C@@]12C. The van der Waals surface area contributed by atoms with Gasteiger partial charge in [0.1, 0.15) is 0 Å². The summed E-state index contributed by atoms with van der Waals surface area (Å²) in [7, 11) is 0. The molecule has 1 saturated heterocycles. The molecule has 1 aliphatic heterocycles. The average Bonchev–Trinajstić information content (AvgIpc) is 3.21. The van der Waals surface area contributed by atoms with Gasteiger partial charge < -0.3 is 4.74 Å². The molecule has 0 N–H and O–H groups in total. The largest absolute Gasteiger partial charge is 0.357 e. The maximum absolute atomic E-state index is 12.4. The van der Waals surface area contributed by atoms with Crippen LogP contribution in [0.5, 0.6) is 0 Å². The third-order valence-corrected chi connectivity index (χ3v) is 8.51. The lowest BCUT2D eigenvalue weighted by atomic mass is 9.47. The molecule has 0 radical (unpaired) electrons. The van der Waals surface area contributed by atoms with Crippen molar-refractivity contribution in [2.24, 2.45) is 28.6 Å². The summed E-state index contributed by atoms with van der Waals surface area (Å²) in [5, 5.41) is 0. The van der Waals surface area contributed by atoms with Gasteiger partial charge in [-0.15, -0.1) is 0 Å². The van der Waals surface area contributed by atoms with Crippen molar-refractivity contribution in [3.05, 3.63) is 23.8 Å². The van der Waals surface area contributed by atoms with Crippen molar-refractivity contribution in [2.45, 2.75) is 64.6 Å². The van der Waals surface area contributed by atoms with Gasteiger partial charge >= 0.3 is 0 Å². The van der Waals surface area contributed by atoms with Gasteiger partial charge in [0.15, 0.2) is 17.2 Å². The predicted octanol–water partition coefficient (Wildman–Crippen LogP) is 3.63. The molecular weight excluding hydrogens is 300 g/mol. The monoisotopic (exact) mass is 326 g/mol. The molecule has 4 fully saturated rings. The normalized spacial score (nSPS) is 54.3. The van der Waals surface area contributed by atoms with Crippen LogP contribution in [0.1, 0.15) is 52.9 Å². The Hall–Kier alpha value is -1.22. The molecule has 7 atom stereocenters. The summed E-state index contributed by atoms with van der Waals surface area (Å²) in [5.41, 5.74) is 0.907. The Labute approximate surface area is 143 Å². The highest BCUT2D eigenvalue weighted by molar-refractivity contribution is 6.01. The summed E-state index contributed by atoms with van der Waals surface area (Å²) in [5.74, 6) is 2.22. The van der Waals surface area contributed by atoms with Gasteiger partial charge in [0.05, 0.1) is 6.10 Å². The van der Waals surface area contributed by atoms with E-state index in [4.69, 9.17) is 4.74 Å². The second kappa shape index (κ2) is 4.30. The van der Waals surface area contributed by atoms with Gasteiger partial charge in [0.2, 0.25) is 0 Å². The Morgan fingerprint density at radius 3 is 2.79 bits per heavy atom. The van der Waals surface area contributed by atoms with Crippen molar-refractivity contribution in [2.75, 3.05) is 0 Å². The van der Waals surface area contributed by atoms with Crippen LogP contribution in [0.2, 0.25) is 0 Å². The maximum atomic E-state index is 12.4. The minimum absolute atomic E-state index is 0.0104. The zero-order valence-electron chi connectivity index (χ0n) is 14.8. The summed E-state index contributed by atoms with van der Waals surface area (Å²) in [6.07, 6.45) is 11.4. The van der Waals surface area contributed by atoms with Crippen LogP contribution in [-0.4, -0.2) is 23.3 Å². The summed E-state index contributed by atoms with van der Waals surface area (Å²) < 4.78 is 5.98. The van der Waals surface area contributed by atoms with E-state index in [1.807, 2.05) is 6.08 Å². The molecule has 24 heavy (non-hydrogen) atoms. The number of carbonyl (C=O) groups excluding carboxylic acids is 2. The summed E-state index contributed by atoms with van der Waals surface area (Å²) in [6.45, 7) is 6.36. The minimum Gasteiger partial charge on any atom is -0.357 e. The molecule has 4 aliphatic carbocycles. The second-order valence-corrected chi connectivity index (χ2v) is 9.19. The summed E-state index contributed by atoms with van der Waals surface area (Å²) in [6, 6.07) is 0. The van der Waals surface area contributed by atoms with Crippen LogP contribution in [0.15, 0.2) is 23.8 Å². The van der Waals surface area contributed by atoms with Gasteiger partial charge in [-0.2, -0.15) is 0 Å². The van der Waals surface area contributed by atoms with E-state index in [0.29, 0.717) is 17.8 Å². The number of hydrogen-bond acceptors (Lipinski definition) is 3. The number of Topliss-reactive ketones (excluding diaryl/α,β-unsaturated/α-hetero) is 1. The van der Waals surface area contributed by atoms with Crippen molar-refractivity contribution in [3.63, 3.8) is 0 Å². The summed E-state index contributed by atoms with van der Waals surface area (Å²) >= 11 is 0. The topological polar surface area (TPSA) is 46.7 Å². The van der Waals surface area contributed by atoms with Crippen LogP contribution >= 0.6 is 0 Å². The van der Waals surface area contributed by atoms with E-state index in [2.05, 4.69) is 19.9 Å². The van der Waals surface area contributed by atoms with Gasteiger partial charge in [-0.05, 0) is 68.9 Å². The van der Waals surface area contributed by atoms with Gasteiger partial charge in [-0.3, -0.25) is 9.59 Å². The van der Waals surface area contributed by atoms with Crippen molar-refractivity contribution in [1.29, 1.82) is 0 Å². The van der Waals surface area contributed by atoms with Crippen LogP contribution in [0.3, 0.4) is 0 Å². The van der Waals surface area contributed by atoms with E-state index in [-0.39, 0.29) is 28.5 Å². The minimum atomic E-state index is -0.474. The van der Waals surface area contributed by atoms with Crippen LogP contribution in [0, 0.1) is 28.6 Å². The lowest BCUT2D eigenvalue weighted by Gasteiger charge is -2.57. The van der Waals surface area contributed by atoms with Crippen LogP contribution < -0.4 is 0 Å². The number of rotatable bonds is 1. The van der Waals surface area contributed by atoms with Crippen LogP contribution in [0.4, 0.5) is 0 Å². The van der Waals surface area contributed by atoms with Gasteiger partial charge in [-0.25, -0.2) is 0 Å². The molecule has 0 aromatic rings. The van der Waals surface area contributed by atoms with Crippen molar-refractivity contribution in [3.8, 4) is 0 Å². The van der Waals surface area contributed by atoms with E-state index < -0.39 is 5.60 Å². The molecular formula is C21H26O3. The Morgan fingerprint density at radius 2 is 2.04 bits per heavy atom. The quantitative estimate of drug-likeness (QED) is 0.691. The van der Waals surface area contributed by atoms with Crippen molar-refractivity contribution in [1.82, 2.24) is 0 Å². The van der Waals surface area contributed by atoms with Gasteiger partial charge in [-0.1, -0.05) is 25.5 Å². The molecule has 0 bridgehead atoms. The molecule has 1 unspecified atom stereocenters. The first-order valence-electron chi connectivity index (χ1n) is 9.46. The smallest absolute Gasteiger partial charge is 0.178 e. The molecule has 0 amide bonds. The average molecular weight is 326 g/mol. The highest BCUT2D eigenvalue weighted by atomic mass is 16.6. The van der Waals surface area contributed by atoms with E-state index in [1.54, 1.807) is 13.0 Å². The first kappa shape index (κ1) is 15.1. The van der Waals surface area contributed by atoms with Crippen molar-refractivity contribution < 1.29 is 14.3 Å². The fourth-order valence-corrected chi connectivity index (χ4v) is 7.26. The number of hydrogen-bond donors (Lipinski definition) is 0. The fraction of sp³-hybridized carbons (Fsp3) is 0.714. The molecule has 1 heterocycles.